The van der Waals surface area contributed by atoms with E-state index in [4.69, 9.17) is 16.3 Å². The molecule has 3 aromatic rings. The van der Waals surface area contributed by atoms with Gasteiger partial charge in [-0.1, -0.05) is 38.4 Å². The number of fused-ring (bicyclic) bond motifs is 3. The lowest BCUT2D eigenvalue weighted by molar-refractivity contribution is 0.397. The van der Waals surface area contributed by atoms with Crippen molar-refractivity contribution in [2.45, 2.75) is 38.6 Å². The van der Waals surface area contributed by atoms with Crippen molar-refractivity contribution >= 4 is 22.5 Å². The van der Waals surface area contributed by atoms with Gasteiger partial charge in [0.1, 0.15) is 5.75 Å². The smallest absolute Gasteiger partial charge is 0.122 e. The van der Waals surface area contributed by atoms with Crippen molar-refractivity contribution in [3.63, 3.8) is 0 Å². The van der Waals surface area contributed by atoms with Crippen molar-refractivity contribution in [3.05, 3.63) is 63.8 Å². The molecular formula is C22H25ClN2O. The lowest BCUT2D eigenvalue weighted by Gasteiger charge is -2.28. The van der Waals surface area contributed by atoms with Crippen LogP contribution in [0.25, 0.3) is 10.9 Å². The number of ether oxygens (including phenoxy) is 1. The molecule has 0 radical (unpaired) electrons. The van der Waals surface area contributed by atoms with Gasteiger partial charge in [0.25, 0.3) is 0 Å². The minimum atomic E-state index is 0.0207. The first-order chi connectivity index (χ1) is 12.4. The number of aromatic nitrogens is 1. The van der Waals surface area contributed by atoms with E-state index in [-0.39, 0.29) is 11.5 Å². The Balaban J connectivity index is 1.85. The van der Waals surface area contributed by atoms with Gasteiger partial charge in [-0.15, -0.1) is 0 Å². The Morgan fingerprint density at radius 1 is 1.12 bits per heavy atom. The predicted octanol–water partition coefficient (Wildman–Crippen LogP) is 5.36. The predicted molar refractivity (Wildman–Crippen MR) is 109 cm³/mol. The molecule has 1 aliphatic rings. The third-order valence-corrected chi connectivity index (χ3v) is 5.51. The highest BCUT2D eigenvalue weighted by atomic mass is 35.5. The summed E-state index contributed by atoms with van der Waals surface area (Å²) >= 11 is 6.23. The molecule has 3 nitrogen and oxygen atoms in total. The molecule has 26 heavy (non-hydrogen) atoms. The lowest BCUT2D eigenvalue weighted by Crippen LogP contribution is -2.30. The monoisotopic (exact) mass is 368 g/mol. The Kier molecular flexibility index (Phi) is 4.25. The van der Waals surface area contributed by atoms with Gasteiger partial charge in [0.2, 0.25) is 0 Å². The molecule has 1 aliphatic heterocycles. The molecule has 1 aromatic heterocycles. The Morgan fingerprint density at radius 2 is 1.92 bits per heavy atom. The number of H-pyrrole nitrogens is 1. The van der Waals surface area contributed by atoms with E-state index in [0.29, 0.717) is 0 Å². The third kappa shape index (κ3) is 2.89. The summed E-state index contributed by atoms with van der Waals surface area (Å²) < 4.78 is 5.60. The van der Waals surface area contributed by atoms with Gasteiger partial charge in [0.15, 0.2) is 0 Å². The summed E-state index contributed by atoms with van der Waals surface area (Å²) in [6.45, 7) is 7.62. The van der Waals surface area contributed by atoms with Crippen molar-refractivity contribution < 1.29 is 4.74 Å². The van der Waals surface area contributed by atoms with Gasteiger partial charge in [0, 0.05) is 28.2 Å². The quantitative estimate of drug-likeness (QED) is 0.638. The van der Waals surface area contributed by atoms with E-state index in [1.807, 2.05) is 6.07 Å². The number of rotatable bonds is 2. The van der Waals surface area contributed by atoms with Crippen LogP contribution in [0.5, 0.6) is 5.75 Å². The van der Waals surface area contributed by atoms with Crippen LogP contribution in [0.1, 0.15) is 49.2 Å². The van der Waals surface area contributed by atoms with Crippen LogP contribution in [0, 0.1) is 0 Å². The van der Waals surface area contributed by atoms with Crippen molar-refractivity contribution in [3.8, 4) is 5.75 Å². The van der Waals surface area contributed by atoms with Crippen molar-refractivity contribution in [2.75, 3.05) is 13.7 Å². The molecule has 0 bridgehead atoms. The summed E-state index contributed by atoms with van der Waals surface area (Å²) in [5.74, 6) is 0.945. The normalized spacial score (nSPS) is 17.3. The molecule has 136 valence electrons. The van der Waals surface area contributed by atoms with Crippen LogP contribution < -0.4 is 10.1 Å². The topological polar surface area (TPSA) is 37.0 Å². The van der Waals surface area contributed by atoms with E-state index in [1.165, 1.54) is 27.8 Å². The van der Waals surface area contributed by atoms with Crippen LogP contribution in [0.15, 0.2) is 36.4 Å². The van der Waals surface area contributed by atoms with E-state index in [0.717, 1.165) is 29.3 Å². The van der Waals surface area contributed by atoms with E-state index in [9.17, 15) is 0 Å². The molecule has 2 aromatic carbocycles. The largest absolute Gasteiger partial charge is 0.496 e. The fourth-order valence-corrected chi connectivity index (χ4v) is 4.15. The summed E-state index contributed by atoms with van der Waals surface area (Å²) in [5.41, 5.74) is 6.28. The maximum atomic E-state index is 6.23. The maximum absolute atomic E-state index is 6.23. The summed E-state index contributed by atoms with van der Waals surface area (Å²) in [7, 11) is 1.74. The molecule has 2 N–H and O–H groups in total. The van der Waals surface area contributed by atoms with Crippen LogP contribution in [0.4, 0.5) is 0 Å². The first-order valence-corrected chi connectivity index (χ1v) is 9.48. The first kappa shape index (κ1) is 17.4. The van der Waals surface area contributed by atoms with Crippen molar-refractivity contribution in [1.29, 1.82) is 0 Å². The first-order valence-electron chi connectivity index (χ1n) is 9.10. The summed E-state index contributed by atoms with van der Waals surface area (Å²) in [5, 5.41) is 5.70. The standard InChI is InChI=1S/C22H25ClN2O/c1-22(2,3)17-11-13(5-8-19(17)26-4)20-21-15(9-10-24-20)16-12-14(23)6-7-18(16)25-21/h5-8,11-12,20,24-25H,9-10H2,1-4H3. The number of hydrogen-bond acceptors (Lipinski definition) is 2. The zero-order chi connectivity index (χ0) is 18.5. The van der Waals surface area contributed by atoms with Crippen molar-refractivity contribution in [1.82, 2.24) is 10.3 Å². The SMILES string of the molecule is COc1ccc(C2NCCc3c2[nH]c2ccc(Cl)cc32)cc1C(C)(C)C. The van der Waals surface area contributed by atoms with Gasteiger partial charge >= 0.3 is 0 Å². The Hall–Kier alpha value is -1.97. The second kappa shape index (κ2) is 6.33. The fourth-order valence-electron chi connectivity index (χ4n) is 3.98. The number of halogens is 1. The highest BCUT2D eigenvalue weighted by molar-refractivity contribution is 6.31. The Bertz CT molecular complexity index is 968. The van der Waals surface area contributed by atoms with Gasteiger partial charge in [-0.25, -0.2) is 0 Å². The molecule has 2 heterocycles. The fraction of sp³-hybridized carbons (Fsp3) is 0.364. The molecule has 0 aliphatic carbocycles. The summed E-state index contributed by atoms with van der Waals surface area (Å²) in [6, 6.07) is 12.8. The molecule has 1 unspecified atom stereocenters. The van der Waals surface area contributed by atoms with Gasteiger partial charge in [0.05, 0.1) is 13.2 Å². The van der Waals surface area contributed by atoms with Crippen LogP contribution in [-0.2, 0) is 11.8 Å². The zero-order valence-electron chi connectivity index (χ0n) is 15.7. The zero-order valence-corrected chi connectivity index (χ0v) is 16.5. The van der Waals surface area contributed by atoms with E-state index in [2.05, 4.69) is 61.4 Å². The van der Waals surface area contributed by atoms with Gasteiger partial charge in [-0.2, -0.15) is 0 Å². The molecule has 0 saturated heterocycles. The van der Waals surface area contributed by atoms with Gasteiger partial charge in [-0.05, 0) is 58.9 Å². The molecule has 0 fully saturated rings. The second-order valence-corrected chi connectivity index (χ2v) is 8.49. The van der Waals surface area contributed by atoms with Crippen molar-refractivity contribution in [2.24, 2.45) is 0 Å². The minimum absolute atomic E-state index is 0.0207. The highest BCUT2D eigenvalue weighted by Gasteiger charge is 2.27. The number of benzene rings is 2. The van der Waals surface area contributed by atoms with Gasteiger partial charge < -0.3 is 15.0 Å². The molecule has 0 spiro atoms. The van der Waals surface area contributed by atoms with E-state index in [1.54, 1.807) is 7.11 Å². The Morgan fingerprint density at radius 3 is 2.65 bits per heavy atom. The maximum Gasteiger partial charge on any atom is 0.122 e. The summed E-state index contributed by atoms with van der Waals surface area (Å²) in [4.78, 5) is 3.63. The minimum Gasteiger partial charge on any atom is -0.496 e. The Labute approximate surface area is 159 Å². The summed E-state index contributed by atoms with van der Waals surface area (Å²) in [6.07, 6.45) is 1.01. The molecule has 4 heteroatoms. The number of nitrogens with one attached hydrogen (secondary N) is 2. The van der Waals surface area contributed by atoms with Crippen LogP contribution in [-0.4, -0.2) is 18.6 Å². The number of methoxy groups -OCH3 is 1. The highest BCUT2D eigenvalue weighted by Crippen LogP contribution is 2.38. The molecule has 0 amide bonds. The van der Waals surface area contributed by atoms with E-state index < -0.39 is 0 Å². The molecule has 0 saturated carbocycles. The number of hydrogen-bond donors (Lipinski definition) is 2. The number of aromatic amines is 1. The third-order valence-electron chi connectivity index (χ3n) is 5.28. The average molecular weight is 369 g/mol. The molecule has 1 atom stereocenters. The lowest BCUT2D eigenvalue weighted by atomic mass is 9.83. The van der Waals surface area contributed by atoms with Gasteiger partial charge in [-0.3, -0.25) is 0 Å². The van der Waals surface area contributed by atoms with E-state index >= 15 is 0 Å². The second-order valence-electron chi connectivity index (χ2n) is 8.05. The molecular weight excluding hydrogens is 344 g/mol. The molecule has 4 rings (SSSR count). The van der Waals surface area contributed by atoms with Crippen LogP contribution in [0.3, 0.4) is 0 Å². The van der Waals surface area contributed by atoms with Crippen LogP contribution >= 0.6 is 11.6 Å². The van der Waals surface area contributed by atoms with Crippen LogP contribution in [0.2, 0.25) is 5.02 Å². The average Bonchev–Trinajstić information content (AvgIpc) is 2.98.